The van der Waals surface area contributed by atoms with E-state index in [1.165, 1.54) is 6.92 Å². The van der Waals surface area contributed by atoms with Crippen molar-refractivity contribution in [1.82, 2.24) is 0 Å². The summed E-state index contributed by atoms with van der Waals surface area (Å²) in [5.41, 5.74) is -4.58. The first-order chi connectivity index (χ1) is 35.8. The fourth-order valence-electron chi connectivity index (χ4n) is 16.0. The lowest BCUT2D eigenvalue weighted by atomic mass is 9.32. The van der Waals surface area contributed by atoms with Crippen LogP contribution in [0, 0.1) is 50.2 Å². The largest absolute Gasteiger partial charge is 0.479 e. The number of carbonyl (C=O) groups is 3. The van der Waals surface area contributed by atoms with Crippen LogP contribution in [-0.4, -0.2) is 216 Å². The number of allylic oxidation sites excluding steroid dienone is 2. The molecule has 0 radical (unpaired) electrons. The summed E-state index contributed by atoms with van der Waals surface area (Å²) in [6.07, 6.45) is -25.8. The van der Waals surface area contributed by atoms with Crippen molar-refractivity contribution in [2.24, 2.45) is 50.2 Å². The number of carbonyl (C=O) groups excluding carboxylic acids is 2. The number of hydrogen-bond acceptors (Lipinski definition) is 22. The molecule has 3 aliphatic heterocycles. The van der Waals surface area contributed by atoms with E-state index in [-0.39, 0.29) is 17.4 Å². The highest BCUT2D eigenvalue weighted by Crippen LogP contribution is 2.76. The minimum Gasteiger partial charge on any atom is -0.479 e. The Morgan fingerprint density at radius 2 is 1.36 bits per heavy atom. The quantitative estimate of drug-likeness (QED) is 0.0498. The van der Waals surface area contributed by atoms with Gasteiger partial charge in [0.25, 0.3) is 0 Å². The first-order valence-corrected chi connectivity index (χ1v) is 27.0. The van der Waals surface area contributed by atoms with Crippen molar-refractivity contribution in [2.75, 3.05) is 19.8 Å². The SMILES string of the molecule is C/C=C(/C)C(=O)O[C@H]1[C@H](OC(C)=O)C(C)(C)C[C@H]2C3=CC[C@@H]4[C@@]5(C)CC[C@H](O[C@@H]6O[C@H](C(=O)O)[C@@H](O)[C@H](O[C@@H]7OC[C@H](O)[C@H](O)[C@H]7O)[C@H]6O[C@@H]6O[C@H](CO)[C@@H](O)[C@H](O)[C@H]6O)C(C)(C)[C@@H]5CC[C@@]4(C)[C@]3(C)[C@@H](O)[C@@H](O)[C@]21CO. The molecule has 23 nitrogen and oxygen atoms in total. The summed E-state index contributed by atoms with van der Waals surface area (Å²) in [6.45, 7) is 16.5. The van der Waals surface area contributed by atoms with Crippen LogP contribution in [0.1, 0.15) is 108 Å². The molecule has 0 aromatic carbocycles. The Kier molecular flexibility index (Phi) is 16.8. The Bertz CT molecular complexity index is 2250. The third kappa shape index (κ3) is 9.45. The van der Waals surface area contributed by atoms with E-state index in [1.807, 2.05) is 34.6 Å². The van der Waals surface area contributed by atoms with Crippen LogP contribution in [0.3, 0.4) is 0 Å². The van der Waals surface area contributed by atoms with Crippen LogP contribution >= 0.6 is 0 Å². The third-order valence-corrected chi connectivity index (χ3v) is 20.6. The molecule has 8 rings (SSSR count). The van der Waals surface area contributed by atoms with Gasteiger partial charge in [-0.3, -0.25) is 4.79 Å². The molecule has 0 aromatic rings. The fourth-order valence-corrected chi connectivity index (χ4v) is 16.0. The van der Waals surface area contributed by atoms with Gasteiger partial charge >= 0.3 is 17.9 Å². The number of aliphatic carboxylic acids is 1. The molecule has 26 atom stereocenters. The van der Waals surface area contributed by atoms with E-state index in [2.05, 4.69) is 19.9 Å². The second-order valence-corrected chi connectivity index (χ2v) is 25.3. The number of aliphatic hydroxyl groups excluding tert-OH is 11. The molecule has 0 spiro atoms. The molecule has 77 heavy (non-hydrogen) atoms. The molecule has 0 unspecified atom stereocenters. The molecule has 8 aliphatic rings. The van der Waals surface area contributed by atoms with E-state index in [9.17, 15) is 75.7 Å². The molecular weight excluding hydrogens is 1020 g/mol. The molecule has 4 saturated carbocycles. The predicted molar refractivity (Wildman–Crippen MR) is 263 cm³/mol. The maximum Gasteiger partial charge on any atom is 0.335 e. The Balaban J connectivity index is 1.13. The minimum atomic E-state index is -2.12. The van der Waals surface area contributed by atoms with Crippen molar-refractivity contribution in [2.45, 2.75) is 224 Å². The molecule has 3 heterocycles. The lowest BCUT2D eigenvalue weighted by Crippen LogP contribution is -2.76. The summed E-state index contributed by atoms with van der Waals surface area (Å²) < 4.78 is 48.5. The number of hydrogen-bond donors (Lipinski definition) is 12. The molecule has 5 aliphatic carbocycles. The number of rotatable bonds is 12. The Morgan fingerprint density at radius 1 is 0.714 bits per heavy atom. The summed E-state index contributed by atoms with van der Waals surface area (Å²) in [7, 11) is 0. The summed E-state index contributed by atoms with van der Waals surface area (Å²) in [4.78, 5) is 39.3. The van der Waals surface area contributed by atoms with Crippen LogP contribution in [0.2, 0.25) is 0 Å². The predicted octanol–water partition coefficient (Wildman–Crippen LogP) is -0.684. The monoisotopic (exact) mass is 1100 g/mol. The second kappa shape index (κ2) is 21.5. The first kappa shape index (κ1) is 60.3. The van der Waals surface area contributed by atoms with Crippen LogP contribution in [0.15, 0.2) is 23.3 Å². The van der Waals surface area contributed by atoms with Crippen LogP contribution < -0.4 is 0 Å². The third-order valence-electron chi connectivity index (χ3n) is 20.6. The van der Waals surface area contributed by atoms with Crippen molar-refractivity contribution < 1.29 is 114 Å². The number of carboxylic acids is 1. The van der Waals surface area contributed by atoms with Gasteiger partial charge in [-0.05, 0) is 86.4 Å². The van der Waals surface area contributed by atoms with Gasteiger partial charge in [0, 0.05) is 23.3 Å². The molecule has 438 valence electrons. The average Bonchev–Trinajstić information content (AvgIpc) is 3.57. The zero-order valence-corrected chi connectivity index (χ0v) is 45.6. The second-order valence-electron chi connectivity index (χ2n) is 25.3. The summed E-state index contributed by atoms with van der Waals surface area (Å²) >= 11 is 0. The Hall–Kier alpha value is -2.79. The highest BCUT2D eigenvalue weighted by atomic mass is 16.8. The molecule has 7 fully saturated rings. The van der Waals surface area contributed by atoms with E-state index in [0.717, 1.165) is 5.57 Å². The van der Waals surface area contributed by atoms with E-state index in [0.29, 0.717) is 38.5 Å². The normalized spacial score (nSPS) is 50.4. The van der Waals surface area contributed by atoms with Gasteiger partial charge in [0.1, 0.15) is 67.1 Å². The first-order valence-electron chi connectivity index (χ1n) is 27.0. The molecule has 3 saturated heterocycles. The van der Waals surface area contributed by atoms with Crippen LogP contribution in [-0.2, 0) is 52.3 Å². The van der Waals surface area contributed by atoms with Crippen molar-refractivity contribution >= 4 is 17.9 Å². The van der Waals surface area contributed by atoms with Crippen molar-refractivity contribution in [3.8, 4) is 0 Å². The van der Waals surface area contributed by atoms with Gasteiger partial charge in [-0.25, -0.2) is 9.59 Å². The Morgan fingerprint density at radius 3 is 1.97 bits per heavy atom. The standard InChI is InChI=1S/C54H84O23/c1-11-22(2)45(69)77-43-42(71-23(3)57)49(4,5)18-25-24-12-13-29-51(8)16-15-30(50(6,7)28(51)14-17-52(29,9)53(24,10)40(65)41(66)54(25,43)21-56)73-48-39(76-47-35(63)33(61)32(60)27(19-55)72-47)37(36(64)38(75-48)44(67)68)74-46-34(62)31(59)26(58)20-70-46/h11-12,25-43,46-48,55-56,58-66H,13-21H2,1-10H3,(H,67,68)/b22-11-/t25-,26-,27+,28-,29+,30-,31-,32+,33-,34+,35+,36-,37-,38-,39+,40-,41+,42-,43-,46-,47-,48+,51-,52+,53-,54-/m0/s1. The van der Waals surface area contributed by atoms with Gasteiger partial charge in [-0.15, -0.1) is 0 Å². The highest BCUT2D eigenvalue weighted by molar-refractivity contribution is 5.88. The molecular formula is C54H84O23. The number of aliphatic hydroxyl groups is 11. The van der Waals surface area contributed by atoms with E-state index in [1.54, 1.807) is 19.9 Å². The summed E-state index contributed by atoms with van der Waals surface area (Å²) in [5, 5.41) is 134. The molecule has 0 bridgehead atoms. The van der Waals surface area contributed by atoms with Crippen LogP contribution in [0.4, 0.5) is 0 Å². The number of carboxylic acid groups (broad SMARTS) is 1. The van der Waals surface area contributed by atoms with Crippen LogP contribution in [0.5, 0.6) is 0 Å². The average molecular weight is 1100 g/mol. The van der Waals surface area contributed by atoms with E-state index in [4.69, 9.17) is 37.9 Å². The summed E-state index contributed by atoms with van der Waals surface area (Å²) in [6, 6.07) is 0. The molecule has 0 amide bonds. The summed E-state index contributed by atoms with van der Waals surface area (Å²) in [5.74, 6) is -3.95. The topological polar surface area (TPSA) is 368 Å². The lowest BCUT2D eigenvalue weighted by Gasteiger charge is -2.73. The zero-order chi connectivity index (χ0) is 57.0. The number of fused-ring (bicyclic) bond motifs is 7. The minimum absolute atomic E-state index is 0.143. The van der Waals surface area contributed by atoms with Gasteiger partial charge in [0.05, 0.1) is 43.5 Å². The van der Waals surface area contributed by atoms with E-state index < -0.39 is 193 Å². The molecule has 12 N–H and O–H groups in total. The van der Waals surface area contributed by atoms with Crippen molar-refractivity contribution in [1.29, 1.82) is 0 Å². The highest BCUT2D eigenvalue weighted by Gasteiger charge is 2.76. The van der Waals surface area contributed by atoms with Gasteiger partial charge < -0.3 is 99.2 Å². The maximum atomic E-state index is 13.7. The van der Waals surface area contributed by atoms with Gasteiger partial charge in [-0.2, -0.15) is 0 Å². The van der Waals surface area contributed by atoms with Gasteiger partial charge in [0.15, 0.2) is 31.1 Å². The van der Waals surface area contributed by atoms with E-state index >= 15 is 0 Å². The zero-order valence-electron chi connectivity index (χ0n) is 45.6. The fraction of sp³-hybridized carbons (Fsp3) is 0.870. The lowest BCUT2D eigenvalue weighted by molar-refractivity contribution is -0.392. The number of esters is 2. The number of ether oxygens (including phenoxy) is 8. The molecule has 23 heteroatoms. The smallest absolute Gasteiger partial charge is 0.335 e. The van der Waals surface area contributed by atoms with Crippen LogP contribution in [0.25, 0.3) is 0 Å². The maximum absolute atomic E-state index is 13.7. The molecule has 0 aromatic heterocycles. The van der Waals surface area contributed by atoms with Crippen molar-refractivity contribution in [3.05, 3.63) is 23.3 Å². The van der Waals surface area contributed by atoms with Gasteiger partial charge in [0.2, 0.25) is 0 Å². The van der Waals surface area contributed by atoms with Crippen molar-refractivity contribution in [3.63, 3.8) is 0 Å². The van der Waals surface area contributed by atoms with Gasteiger partial charge in [-0.1, -0.05) is 66.2 Å². The Labute approximate surface area is 448 Å².